The number of aromatic nitrogens is 8. The van der Waals surface area contributed by atoms with Gasteiger partial charge < -0.3 is 41.7 Å². The van der Waals surface area contributed by atoms with E-state index in [2.05, 4.69) is 95.9 Å². The SMILES string of the molecule is COC(=O)[C@H](CNC(=O)c1cccs1)NC(=O)c1c(C)nc(NCC#Cc2cccc3[nH]ncc23)nc1C.Cc1nc(NCC#Cc2cccc3[nH]ncc23)nc(C)c1C(=O)N[C@@H](CNC(=O)c1cccs1)C(=O)O. The topological polar surface area (TPSA) is 313 Å². The highest BCUT2D eigenvalue weighted by Crippen LogP contribution is 2.18. The highest BCUT2D eigenvalue weighted by molar-refractivity contribution is 7.12. The minimum atomic E-state index is -1.33. The molecule has 0 aliphatic heterocycles. The van der Waals surface area contributed by atoms with Crippen LogP contribution in [-0.2, 0) is 14.3 Å². The van der Waals surface area contributed by atoms with Gasteiger partial charge in [0.25, 0.3) is 23.6 Å². The molecule has 0 saturated carbocycles. The van der Waals surface area contributed by atoms with Crippen molar-refractivity contribution in [3.63, 3.8) is 0 Å². The molecule has 0 bridgehead atoms. The number of benzene rings is 2. The third kappa shape index (κ3) is 13.9. The zero-order valence-electron chi connectivity index (χ0n) is 40.9. The number of amides is 4. The zero-order valence-corrected chi connectivity index (χ0v) is 42.5. The Morgan fingerprint density at radius 2 is 1.03 bits per heavy atom. The smallest absolute Gasteiger partial charge is 0.330 e. The molecular weight excluding hydrogens is 1000 g/mol. The number of anilines is 2. The Kier molecular flexibility index (Phi) is 17.9. The van der Waals surface area contributed by atoms with Gasteiger partial charge in [-0.2, -0.15) is 10.2 Å². The van der Waals surface area contributed by atoms with E-state index in [1.54, 1.807) is 75.1 Å². The zero-order chi connectivity index (χ0) is 53.4. The number of carboxylic acids is 1. The Balaban J connectivity index is 0.000000219. The van der Waals surface area contributed by atoms with Crippen molar-refractivity contribution in [3.05, 3.63) is 139 Å². The molecule has 0 spiro atoms. The maximum Gasteiger partial charge on any atom is 0.330 e. The third-order valence-corrected chi connectivity index (χ3v) is 12.6. The summed E-state index contributed by atoms with van der Waals surface area (Å²) in [7, 11) is 1.21. The molecular formula is C51H48N14O8S2. The van der Waals surface area contributed by atoms with E-state index < -0.39 is 41.7 Å². The molecule has 0 aliphatic carbocycles. The lowest BCUT2D eigenvalue weighted by Crippen LogP contribution is -2.49. The van der Waals surface area contributed by atoms with Crippen LogP contribution < -0.4 is 31.9 Å². The average molecular weight is 1050 g/mol. The van der Waals surface area contributed by atoms with Crippen LogP contribution in [0.1, 0.15) is 74.0 Å². The normalized spacial score (nSPS) is 11.3. The van der Waals surface area contributed by atoms with Crippen molar-refractivity contribution in [2.75, 3.05) is 43.9 Å². The first kappa shape index (κ1) is 53.3. The van der Waals surface area contributed by atoms with Gasteiger partial charge in [-0.05, 0) is 74.9 Å². The molecule has 2 atom stereocenters. The van der Waals surface area contributed by atoms with Gasteiger partial charge in [-0.15, -0.1) is 22.7 Å². The van der Waals surface area contributed by atoms with Gasteiger partial charge in [0.05, 0.1) is 87.3 Å². The van der Waals surface area contributed by atoms with Gasteiger partial charge >= 0.3 is 11.9 Å². The molecule has 9 N–H and O–H groups in total. The average Bonchev–Trinajstić information content (AvgIpc) is 4.25. The van der Waals surface area contributed by atoms with E-state index in [1.165, 1.54) is 29.8 Å². The van der Waals surface area contributed by atoms with E-state index in [0.29, 0.717) is 44.4 Å². The minimum Gasteiger partial charge on any atom is -0.480 e. The standard InChI is InChI=1S/C26H25N7O4S.C25H23N7O4S/c1-15-22(24(35)32-20(25(36)37-3)14-28-23(34)21-10-6-12-38-21)16(2)31-26(30-15)27-11-5-8-17-7-4-9-19-18(17)13-29-33-19;1-14-21(23(34)31-19(24(35)36)13-27-22(33)20-9-5-11-37-20)15(2)30-25(29-14)26-10-4-7-16-6-3-8-18-17(16)12-28-32-18/h4,6-7,9-10,12-13,20H,11,14H2,1-3H3,(H,28,34)(H,29,33)(H,32,35)(H,27,30,31);3,5-6,8-9,11-12,19H,10,13H2,1-2H3,(H,27,33)(H,28,32)(H,31,34)(H,35,36)(H,26,29,30)/t20-;19-/m00/s1. The van der Waals surface area contributed by atoms with Crippen molar-refractivity contribution < 1.29 is 38.6 Å². The van der Waals surface area contributed by atoms with Crippen LogP contribution in [0.4, 0.5) is 11.9 Å². The number of carbonyl (C=O) groups excluding carboxylic acids is 5. The Morgan fingerprint density at radius 3 is 1.43 bits per heavy atom. The van der Waals surface area contributed by atoms with Crippen molar-refractivity contribution in [1.82, 2.24) is 61.6 Å². The molecule has 8 aromatic rings. The van der Waals surface area contributed by atoms with Gasteiger partial charge in [0.1, 0.15) is 12.1 Å². The monoisotopic (exact) mass is 1050 g/mol. The van der Waals surface area contributed by atoms with E-state index in [0.717, 1.165) is 32.9 Å². The number of carboxylic acid groups (broad SMARTS) is 1. The molecule has 6 heterocycles. The van der Waals surface area contributed by atoms with Crippen LogP contribution >= 0.6 is 22.7 Å². The van der Waals surface area contributed by atoms with Crippen LogP contribution in [0.2, 0.25) is 0 Å². The molecule has 0 radical (unpaired) electrons. The summed E-state index contributed by atoms with van der Waals surface area (Å²) in [5.74, 6) is 8.93. The third-order valence-electron chi connectivity index (χ3n) is 10.9. The number of aliphatic carboxylic acids is 1. The minimum absolute atomic E-state index is 0.140. The number of aryl methyl sites for hydroxylation is 4. The maximum absolute atomic E-state index is 13.0. The van der Waals surface area contributed by atoms with Crippen LogP contribution in [-0.4, -0.2) is 126 Å². The number of thiophene rings is 2. The molecule has 2 aromatic carbocycles. The molecule has 22 nitrogen and oxygen atoms in total. The van der Waals surface area contributed by atoms with Crippen LogP contribution in [0.25, 0.3) is 21.8 Å². The van der Waals surface area contributed by atoms with E-state index >= 15 is 0 Å². The molecule has 0 aliphatic rings. The number of fused-ring (bicyclic) bond motifs is 2. The number of H-pyrrole nitrogens is 2. The number of rotatable bonds is 16. The Morgan fingerprint density at radius 1 is 0.600 bits per heavy atom. The van der Waals surface area contributed by atoms with Crippen molar-refractivity contribution >= 4 is 91.9 Å². The van der Waals surface area contributed by atoms with Gasteiger partial charge in [-0.3, -0.25) is 29.4 Å². The van der Waals surface area contributed by atoms with Gasteiger partial charge in [0.15, 0.2) is 0 Å². The van der Waals surface area contributed by atoms with Gasteiger partial charge in [0.2, 0.25) is 11.9 Å². The number of hydrogen-bond donors (Lipinski definition) is 9. The molecule has 24 heteroatoms. The number of hydrogen-bond acceptors (Lipinski definition) is 17. The summed E-state index contributed by atoms with van der Waals surface area (Å²) in [5, 5.41) is 45.1. The fourth-order valence-corrected chi connectivity index (χ4v) is 8.58. The molecule has 8 rings (SSSR count). The largest absolute Gasteiger partial charge is 0.480 e. The van der Waals surface area contributed by atoms with Gasteiger partial charge in [0, 0.05) is 35.0 Å². The summed E-state index contributed by atoms with van der Waals surface area (Å²) in [6, 6.07) is 15.8. The fraction of sp³-hybridized carbons (Fsp3) is 0.216. The van der Waals surface area contributed by atoms with Crippen LogP contribution in [0.3, 0.4) is 0 Å². The second-order valence-electron chi connectivity index (χ2n) is 16.1. The predicted molar refractivity (Wildman–Crippen MR) is 281 cm³/mol. The molecule has 75 heavy (non-hydrogen) atoms. The molecule has 0 fully saturated rings. The lowest BCUT2D eigenvalue weighted by atomic mass is 10.1. The van der Waals surface area contributed by atoms with Crippen LogP contribution in [0, 0.1) is 51.4 Å². The first-order valence-corrected chi connectivity index (χ1v) is 24.5. The van der Waals surface area contributed by atoms with Crippen molar-refractivity contribution in [2.45, 2.75) is 39.8 Å². The summed E-state index contributed by atoms with van der Waals surface area (Å²) in [6.07, 6.45) is 3.45. The van der Waals surface area contributed by atoms with Crippen LogP contribution in [0.5, 0.6) is 0 Å². The molecule has 382 valence electrons. The Hall–Kier alpha value is -9.52. The lowest BCUT2D eigenvalue weighted by molar-refractivity contribution is -0.142. The molecule has 0 saturated heterocycles. The predicted octanol–water partition coefficient (Wildman–Crippen LogP) is 4.30. The van der Waals surface area contributed by atoms with E-state index in [9.17, 15) is 33.9 Å². The number of methoxy groups -OCH3 is 1. The van der Waals surface area contributed by atoms with Crippen molar-refractivity contribution in [2.24, 2.45) is 0 Å². The number of aromatic amines is 2. The van der Waals surface area contributed by atoms with E-state index in [4.69, 9.17) is 4.74 Å². The fourth-order valence-electron chi connectivity index (χ4n) is 7.30. The highest BCUT2D eigenvalue weighted by atomic mass is 32.1. The number of nitrogens with one attached hydrogen (secondary N) is 8. The van der Waals surface area contributed by atoms with E-state index in [-0.39, 0.29) is 43.2 Å². The van der Waals surface area contributed by atoms with E-state index in [1.807, 2.05) is 36.4 Å². The first-order valence-electron chi connectivity index (χ1n) is 22.8. The maximum atomic E-state index is 13.0. The van der Waals surface area contributed by atoms with Gasteiger partial charge in [-0.25, -0.2) is 29.5 Å². The summed E-state index contributed by atoms with van der Waals surface area (Å²) in [5.41, 5.74) is 5.47. The number of carbonyl (C=O) groups is 6. The number of nitrogens with zero attached hydrogens (tertiary/aromatic N) is 6. The second kappa shape index (κ2) is 25.2. The second-order valence-corrected chi connectivity index (χ2v) is 18.0. The summed E-state index contributed by atoms with van der Waals surface area (Å²) in [6.45, 7) is 6.75. The van der Waals surface area contributed by atoms with Gasteiger partial charge in [-0.1, -0.05) is 47.9 Å². The van der Waals surface area contributed by atoms with Crippen molar-refractivity contribution in [1.29, 1.82) is 0 Å². The Bertz CT molecular complexity index is 3470. The highest BCUT2D eigenvalue weighted by Gasteiger charge is 2.27. The summed E-state index contributed by atoms with van der Waals surface area (Å²) < 4.78 is 4.80. The quantitative estimate of drug-likeness (QED) is 0.0481. The van der Waals surface area contributed by atoms with Crippen molar-refractivity contribution in [3.8, 4) is 23.7 Å². The molecule has 0 unspecified atom stereocenters. The summed E-state index contributed by atoms with van der Waals surface area (Å²) >= 11 is 2.50. The molecule has 6 aromatic heterocycles. The summed E-state index contributed by atoms with van der Waals surface area (Å²) in [4.78, 5) is 92.5. The van der Waals surface area contributed by atoms with Crippen LogP contribution in [0.15, 0.2) is 83.8 Å². The Labute approximate surface area is 436 Å². The number of esters is 1. The number of ether oxygens (including phenoxy) is 1. The first-order chi connectivity index (χ1) is 36.2. The molecule has 4 amide bonds. The lowest BCUT2D eigenvalue weighted by Gasteiger charge is -2.18.